The first-order valence-electron chi connectivity index (χ1n) is 7.44. The van der Waals surface area contributed by atoms with Gasteiger partial charge in [-0.3, -0.25) is 4.79 Å². The van der Waals surface area contributed by atoms with Gasteiger partial charge in [-0.1, -0.05) is 24.3 Å². The fourth-order valence-corrected chi connectivity index (χ4v) is 2.45. The molecule has 1 aliphatic rings. The topological polar surface area (TPSA) is 53.6 Å². The molecule has 0 bridgehead atoms. The number of carbonyl (C=O) groups excluding carboxylic acids is 1. The van der Waals surface area contributed by atoms with Crippen molar-refractivity contribution < 1.29 is 9.53 Å². The predicted octanol–water partition coefficient (Wildman–Crippen LogP) is 1.59. The van der Waals surface area contributed by atoms with E-state index in [0.717, 1.165) is 25.3 Å². The van der Waals surface area contributed by atoms with Crippen LogP contribution in [-0.4, -0.2) is 50.7 Å². The van der Waals surface area contributed by atoms with Gasteiger partial charge < -0.3 is 20.3 Å². The molecule has 0 saturated carbocycles. The van der Waals surface area contributed by atoms with Crippen molar-refractivity contribution in [2.75, 3.05) is 33.9 Å². The number of ether oxygens (including phenoxy) is 1. The number of hydrogen-bond acceptors (Lipinski definition) is 4. The Balaban J connectivity index is 0.00000242. The Labute approximate surface area is 151 Å². The van der Waals surface area contributed by atoms with E-state index in [4.69, 9.17) is 4.74 Å². The van der Waals surface area contributed by atoms with Gasteiger partial charge in [-0.25, -0.2) is 0 Å². The molecule has 7 heteroatoms. The average molecular weight is 364 g/mol. The Hall–Kier alpha value is -0.850. The number of halogens is 2. The van der Waals surface area contributed by atoms with Crippen molar-refractivity contribution >= 4 is 30.7 Å². The second kappa shape index (κ2) is 11.6. The summed E-state index contributed by atoms with van der Waals surface area (Å²) in [6.07, 6.45) is 0.470. The zero-order chi connectivity index (χ0) is 15.1. The fourth-order valence-electron chi connectivity index (χ4n) is 2.45. The van der Waals surface area contributed by atoms with E-state index in [-0.39, 0.29) is 36.8 Å². The molecule has 1 amide bonds. The summed E-state index contributed by atoms with van der Waals surface area (Å²) in [7, 11) is 4.10. The Morgan fingerprint density at radius 1 is 1.35 bits per heavy atom. The van der Waals surface area contributed by atoms with Crippen molar-refractivity contribution in [3.63, 3.8) is 0 Å². The highest BCUT2D eigenvalue weighted by atomic mass is 35.5. The lowest BCUT2D eigenvalue weighted by Gasteiger charge is -2.23. The van der Waals surface area contributed by atoms with Crippen LogP contribution >= 0.6 is 24.8 Å². The SMILES string of the molecule is CN(C)Cc1cccc(CNC(=O)CC2COCCN2)c1.Cl.Cl. The standard InChI is InChI=1S/C16H25N3O2.2ClH/c1-19(2)11-14-5-3-4-13(8-14)10-18-16(20)9-15-12-21-7-6-17-15;;/h3-5,8,15,17H,6-7,9-12H2,1-2H3,(H,18,20);2*1H. The quantitative estimate of drug-likeness (QED) is 0.805. The largest absolute Gasteiger partial charge is 0.378 e. The summed E-state index contributed by atoms with van der Waals surface area (Å²) in [4.78, 5) is 14.1. The summed E-state index contributed by atoms with van der Waals surface area (Å²) in [5.41, 5.74) is 2.39. The molecule has 1 aromatic carbocycles. The highest BCUT2D eigenvalue weighted by molar-refractivity contribution is 5.85. The molecule has 1 aromatic rings. The van der Waals surface area contributed by atoms with Crippen LogP contribution in [0.25, 0.3) is 0 Å². The molecule has 1 fully saturated rings. The van der Waals surface area contributed by atoms with Crippen molar-refractivity contribution in [2.45, 2.75) is 25.6 Å². The fraction of sp³-hybridized carbons (Fsp3) is 0.562. The summed E-state index contributed by atoms with van der Waals surface area (Å²) in [6, 6.07) is 8.47. The first-order valence-corrected chi connectivity index (χ1v) is 7.44. The maximum atomic E-state index is 11.9. The highest BCUT2D eigenvalue weighted by Crippen LogP contribution is 2.07. The lowest BCUT2D eigenvalue weighted by molar-refractivity contribution is -0.122. The number of nitrogens with zero attached hydrogens (tertiary/aromatic N) is 1. The van der Waals surface area contributed by atoms with Gasteiger partial charge in [0.25, 0.3) is 0 Å². The van der Waals surface area contributed by atoms with Crippen molar-refractivity contribution in [3.05, 3.63) is 35.4 Å². The van der Waals surface area contributed by atoms with Gasteiger partial charge in [0.2, 0.25) is 5.91 Å². The van der Waals surface area contributed by atoms with Gasteiger partial charge in [-0.15, -0.1) is 24.8 Å². The minimum atomic E-state index is 0. The normalized spacial score (nSPS) is 17.1. The van der Waals surface area contributed by atoms with Gasteiger partial charge in [0.1, 0.15) is 0 Å². The van der Waals surface area contributed by atoms with E-state index in [1.165, 1.54) is 5.56 Å². The summed E-state index contributed by atoms with van der Waals surface area (Å²) in [6.45, 7) is 3.66. The minimum absolute atomic E-state index is 0. The lowest BCUT2D eigenvalue weighted by Crippen LogP contribution is -2.44. The molecule has 5 nitrogen and oxygen atoms in total. The van der Waals surface area contributed by atoms with Crippen LogP contribution in [-0.2, 0) is 22.6 Å². The number of amides is 1. The first-order chi connectivity index (χ1) is 10.1. The van der Waals surface area contributed by atoms with Gasteiger partial charge in [0.15, 0.2) is 0 Å². The molecule has 0 radical (unpaired) electrons. The molecule has 1 saturated heterocycles. The molecular weight excluding hydrogens is 337 g/mol. The summed E-state index contributed by atoms with van der Waals surface area (Å²) in [5.74, 6) is 0.0658. The van der Waals surface area contributed by atoms with E-state index < -0.39 is 0 Å². The Morgan fingerprint density at radius 2 is 2.09 bits per heavy atom. The lowest BCUT2D eigenvalue weighted by atomic mass is 10.1. The van der Waals surface area contributed by atoms with E-state index in [0.29, 0.717) is 19.6 Å². The number of morpholine rings is 1. The molecule has 2 N–H and O–H groups in total. The monoisotopic (exact) mass is 363 g/mol. The van der Waals surface area contributed by atoms with E-state index in [1.807, 2.05) is 26.2 Å². The molecule has 0 spiro atoms. The molecule has 1 unspecified atom stereocenters. The zero-order valence-corrected chi connectivity index (χ0v) is 15.3. The zero-order valence-electron chi connectivity index (χ0n) is 13.7. The van der Waals surface area contributed by atoms with Crippen LogP contribution in [0.1, 0.15) is 17.5 Å². The van der Waals surface area contributed by atoms with Crippen molar-refractivity contribution in [1.29, 1.82) is 0 Å². The third-order valence-corrected chi connectivity index (χ3v) is 3.41. The van der Waals surface area contributed by atoms with E-state index in [9.17, 15) is 4.79 Å². The van der Waals surface area contributed by atoms with Crippen LogP contribution in [0.5, 0.6) is 0 Å². The smallest absolute Gasteiger partial charge is 0.221 e. The molecule has 2 rings (SSSR count). The van der Waals surface area contributed by atoms with Crippen LogP contribution < -0.4 is 10.6 Å². The second-order valence-corrected chi connectivity index (χ2v) is 5.76. The molecule has 0 aliphatic carbocycles. The number of hydrogen-bond donors (Lipinski definition) is 2. The highest BCUT2D eigenvalue weighted by Gasteiger charge is 2.16. The van der Waals surface area contributed by atoms with E-state index in [1.54, 1.807) is 0 Å². The van der Waals surface area contributed by atoms with Crippen LogP contribution in [0.2, 0.25) is 0 Å². The van der Waals surface area contributed by atoms with Gasteiger partial charge in [0.05, 0.1) is 13.2 Å². The number of benzene rings is 1. The summed E-state index contributed by atoms with van der Waals surface area (Å²) >= 11 is 0. The van der Waals surface area contributed by atoms with Gasteiger partial charge in [-0.2, -0.15) is 0 Å². The second-order valence-electron chi connectivity index (χ2n) is 5.76. The van der Waals surface area contributed by atoms with E-state index >= 15 is 0 Å². The molecule has 23 heavy (non-hydrogen) atoms. The van der Waals surface area contributed by atoms with Crippen LogP contribution in [0.4, 0.5) is 0 Å². The number of rotatable bonds is 6. The first kappa shape index (κ1) is 22.1. The van der Waals surface area contributed by atoms with Gasteiger partial charge in [0, 0.05) is 32.1 Å². The maximum Gasteiger partial charge on any atom is 0.221 e. The van der Waals surface area contributed by atoms with Gasteiger partial charge in [-0.05, 0) is 25.2 Å². The molecule has 132 valence electrons. The summed E-state index contributed by atoms with van der Waals surface area (Å²) in [5, 5.41) is 6.27. The Kier molecular flexibility index (Phi) is 11.2. The van der Waals surface area contributed by atoms with Crippen molar-refractivity contribution in [2.24, 2.45) is 0 Å². The Bertz CT molecular complexity index is 466. The third-order valence-electron chi connectivity index (χ3n) is 3.41. The van der Waals surface area contributed by atoms with E-state index in [2.05, 4.69) is 27.7 Å². The number of nitrogens with one attached hydrogen (secondary N) is 2. The Morgan fingerprint density at radius 3 is 2.74 bits per heavy atom. The minimum Gasteiger partial charge on any atom is -0.378 e. The van der Waals surface area contributed by atoms with Crippen molar-refractivity contribution in [3.8, 4) is 0 Å². The van der Waals surface area contributed by atoms with Crippen LogP contribution in [0.15, 0.2) is 24.3 Å². The predicted molar refractivity (Wildman–Crippen MR) is 97.4 cm³/mol. The average Bonchev–Trinajstić information content (AvgIpc) is 2.46. The summed E-state index contributed by atoms with van der Waals surface area (Å²) < 4.78 is 5.35. The van der Waals surface area contributed by atoms with Crippen LogP contribution in [0, 0.1) is 0 Å². The maximum absolute atomic E-state index is 11.9. The molecular formula is C16H27Cl2N3O2. The molecule has 0 aromatic heterocycles. The third kappa shape index (κ3) is 8.53. The van der Waals surface area contributed by atoms with Crippen molar-refractivity contribution in [1.82, 2.24) is 15.5 Å². The van der Waals surface area contributed by atoms with Gasteiger partial charge >= 0.3 is 0 Å². The molecule has 1 atom stereocenters. The molecule has 1 aliphatic heterocycles. The van der Waals surface area contributed by atoms with Crippen LogP contribution in [0.3, 0.4) is 0 Å². The number of carbonyl (C=O) groups is 1. The molecule has 1 heterocycles.